The van der Waals surface area contributed by atoms with Gasteiger partial charge in [-0.05, 0) is 29.0 Å². The van der Waals surface area contributed by atoms with Crippen molar-refractivity contribution in [2.75, 3.05) is 26.9 Å². The van der Waals surface area contributed by atoms with Crippen LogP contribution in [0.4, 0.5) is 0 Å². The summed E-state index contributed by atoms with van der Waals surface area (Å²) < 4.78 is 10.8. The van der Waals surface area contributed by atoms with E-state index in [4.69, 9.17) is 9.47 Å². The number of hydrogen-bond acceptors (Lipinski definition) is 4. The van der Waals surface area contributed by atoms with Crippen molar-refractivity contribution in [3.63, 3.8) is 0 Å². The van der Waals surface area contributed by atoms with Gasteiger partial charge in [0, 0.05) is 19.0 Å². The molecule has 1 amide bonds. The lowest BCUT2D eigenvalue weighted by molar-refractivity contribution is -0.117. The molecule has 136 valence electrons. The topological polar surface area (TPSA) is 71.3 Å². The zero-order chi connectivity index (χ0) is 18.9. The van der Waals surface area contributed by atoms with E-state index >= 15 is 0 Å². The van der Waals surface area contributed by atoms with Crippen LogP contribution in [0.3, 0.4) is 0 Å². The summed E-state index contributed by atoms with van der Waals surface area (Å²) >= 11 is 0. The van der Waals surface area contributed by atoms with E-state index in [2.05, 4.69) is 19.2 Å². The average Bonchev–Trinajstić information content (AvgIpc) is 2.65. The molecule has 0 atom stereocenters. The molecule has 0 heterocycles. The molecule has 0 aliphatic carbocycles. The van der Waals surface area contributed by atoms with E-state index in [-0.39, 0.29) is 5.57 Å². The number of nitriles is 1. The van der Waals surface area contributed by atoms with Crippen LogP contribution in [0.25, 0.3) is 16.8 Å². The maximum Gasteiger partial charge on any atom is 0.262 e. The van der Waals surface area contributed by atoms with Gasteiger partial charge in [0.25, 0.3) is 5.91 Å². The van der Waals surface area contributed by atoms with Crippen LogP contribution in [0.2, 0.25) is 0 Å². The standard InChI is InChI=1S/C21H24N2O3/c1-15(2)14-26-20-9-8-16(18-6-4-5-7-19(18)20)12-17(13-22)21(24)23-10-11-25-3/h4-9,12,15H,10-11,14H2,1-3H3,(H,23,24). The van der Waals surface area contributed by atoms with Crippen molar-refractivity contribution in [2.24, 2.45) is 5.92 Å². The van der Waals surface area contributed by atoms with Crippen molar-refractivity contribution < 1.29 is 14.3 Å². The van der Waals surface area contributed by atoms with E-state index in [1.165, 1.54) is 0 Å². The van der Waals surface area contributed by atoms with Gasteiger partial charge >= 0.3 is 0 Å². The number of nitrogens with one attached hydrogen (secondary N) is 1. The first-order valence-corrected chi connectivity index (χ1v) is 8.60. The van der Waals surface area contributed by atoms with E-state index in [0.717, 1.165) is 22.1 Å². The normalized spacial score (nSPS) is 11.4. The van der Waals surface area contributed by atoms with Gasteiger partial charge in [0.1, 0.15) is 17.4 Å². The van der Waals surface area contributed by atoms with Crippen molar-refractivity contribution in [2.45, 2.75) is 13.8 Å². The van der Waals surface area contributed by atoms with Gasteiger partial charge in [-0.15, -0.1) is 0 Å². The lowest BCUT2D eigenvalue weighted by atomic mass is 10.0. The predicted octanol–water partition coefficient (Wildman–Crippen LogP) is 3.54. The number of amides is 1. The highest BCUT2D eigenvalue weighted by Gasteiger charge is 2.11. The Balaban J connectivity index is 2.36. The monoisotopic (exact) mass is 352 g/mol. The molecular formula is C21H24N2O3. The second-order valence-corrected chi connectivity index (χ2v) is 6.32. The first-order chi connectivity index (χ1) is 12.6. The largest absolute Gasteiger partial charge is 0.493 e. The van der Waals surface area contributed by atoms with Gasteiger partial charge in [0.15, 0.2) is 0 Å². The molecule has 26 heavy (non-hydrogen) atoms. The molecule has 0 fully saturated rings. The Labute approximate surface area is 154 Å². The third-order valence-corrected chi connectivity index (χ3v) is 3.75. The second kappa shape index (κ2) is 9.59. The summed E-state index contributed by atoms with van der Waals surface area (Å²) in [6.07, 6.45) is 1.61. The summed E-state index contributed by atoms with van der Waals surface area (Å²) in [5.74, 6) is 0.817. The van der Waals surface area contributed by atoms with Gasteiger partial charge in [0.2, 0.25) is 0 Å². The molecule has 5 nitrogen and oxygen atoms in total. The molecule has 5 heteroatoms. The van der Waals surface area contributed by atoms with Crippen LogP contribution < -0.4 is 10.1 Å². The summed E-state index contributed by atoms with van der Waals surface area (Å²) in [5.41, 5.74) is 0.859. The molecule has 2 aromatic rings. The summed E-state index contributed by atoms with van der Waals surface area (Å²) in [5, 5.41) is 13.9. The molecule has 2 rings (SSSR count). The van der Waals surface area contributed by atoms with Crippen LogP contribution >= 0.6 is 0 Å². The molecule has 0 saturated carbocycles. The van der Waals surface area contributed by atoms with Crippen LogP contribution in [0.5, 0.6) is 5.75 Å². The van der Waals surface area contributed by atoms with Crippen LogP contribution in [-0.4, -0.2) is 32.8 Å². The first-order valence-electron chi connectivity index (χ1n) is 8.60. The first kappa shape index (κ1) is 19.5. The van der Waals surface area contributed by atoms with Crippen molar-refractivity contribution >= 4 is 22.8 Å². The van der Waals surface area contributed by atoms with Gasteiger partial charge in [0.05, 0.1) is 13.2 Å². The van der Waals surface area contributed by atoms with Gasteiger partial charge in [-0.3, -0.25) is 4.79 Å². The van der Waals surface area contributed by atoms with Crippen LogP contribution in [0.1, 0.15) is 19.4 Å². The second-order valence-electron chi connectivity index (χ2n) is 6.32. The maximum absolute atomic E-state index is 12.2. The summed E-state index contributed by atoms with van der Waals surface area (Å²) in [6, 6.07) is 13.5. The van der Waals surface area contributed by atoms with Crippen molar-refractivity contribution in [3.8, 4) is 11.8 Å². The number of nitrogens with zero attached hydrogens (tertiary/aromatic N) is 1. The third-order valence-electron chi connectivity index (χ3n) is 3.75. The molecule has 0 bridgehead atoms. The van der Waals surface area contributed by atoms with Crippen LogP contribution in [0.15, 0.2) is 42.0 Å². The molecule has 0 aliphatic heterocycles. The van der Waals surface area contributed by atoms with E-state index in [1.54, 1.807) is 13.2 Å². The number of hydrogen-bond donors (Lipinski definition) is 1. The smallest absolute Gasteiger partial charge is 0.262 e. The number of ether oxygens (including phenoxy) is 2. The Morgan fingerprint density at radius 1 is 1.23 bits per heavy atom. The fraction of sp³-hybridized carbons (Fsp3) is 0.333. The fourth-order valence-electron chi connectivity index (χ4n) is 2.47. The summed E-state index contributed by atoms with van der Waals surface area (Å²) in [4.78, 5) is 12.2. The third kappa shape index (κ3) is 5.08. The maximum atomic E-state index is 12.2. The minimum Gasteiger partial charge on any atom is -0.493 e. The zero-order valence-electron chi connectivity index (χ0n) is 15.4. The summed E-state index contributed by atoms with van der Waals surface area (Å²) in [7, 11) is 1.56. The Bertz CT molecular complexity index is 835. The molecule has 0 saturated heterocycles. The van der Waals surface area contributed by atoms with Crippen molar-refractivity contribution in [1.29, 1.82) is 5.26 Å². The lowest BCUT2D eigenvalue weighted by Gasteiger charge is -2.13. The van der Waals surface area contributed by atoms with Gasteiger partial charge < -0.3 is 14.8 Å². The van der Waals surface area contributed by atoms with Crippen LogP contribution in [-0.2, 0) is 9.53 Å². The number of rotatable bonds is 8. The molecule has 1 N–H and O–H groups in total. The average molecular weight is 352 g/mol. The highest BCUT2D eigenvalue weighted by atomic mass is 16.5. The fourth-order valence-corrected chi connectivity index (χ4v) is 2.47. The van der Waals surface area contributed by atoms with Gasteiger partial charge in [-0.25, -0.2) is 0 Å². The SMILES string of the molecule is COCCNC(=O)C(C#N)=Cc1ccc(OCC(C)C)c2ccccc12. The van der Waals surface area contributed by atoms with E-state index in [9.17, 15) is 10.1 Å². The van der Waals surface area contributed by atoms with Gasteiger partial charge in [-0.2, -0.15) is 5.26 Å². The number of methoxy groups -OCH3 is 1. The molecule has 0 aromatic heterocycles. The number of carbonyl (C=O) groups excluding carboxylic acids is 1. The Morgan fingerprint density at radius 2 is 1.96 bits per heavy atom. The predicted molar refractivity (Wildman–Crippen MR) is 103 cm³/mol. The van der Waals surface area contributed by atoms with Crippen LogP contribution in [0, 0.1) is 17.2 Å². The van der Waals surface area contributed by atoms with E-state index in [0.29, 0.717) is 25.7 Å². The minimum atomic E-state index is -0.409. The quantitative estimate of drug-likeness (QED) is 0.448. The molecule has 2 aromatic carbocycles. The highest BCUT2D eigenvalue weighted by Crippen LogP contribution is 2.30. The van der Waals surface area contributed by atoms with Crippen molar-refractivity contribution in [3.05, 3.63) is 47.5 Å². The molecule has 0 spiro atoms. The Kier molecular flexibility index (Phi) is 7.19. The lowest BCUT2D eigenvalue weighted by Crippen LogP contribution is -2.27. The minimum absolute atomic E-state index is 0.0575. The zero-order valence-corrected chi connectivity index (χ0v) is 15.4. The molecular weight excluding hydrogens is 328 g/mol. The van der Waals surface area contributed by atoms with Gasteiger partial charge in [-0.1, -0.05) is 44.2 Å². The molecule has 0 unspecified atom stereocenters. The summed E-state index contributed by atoms with van der Waals surface area (Å²) in [6.45, 7) is 5.58. The van der Waals surface area contributed by atoms with E-state index in [1.807, 2.05) is 42.5 Å². The number of fused-ring (bicyclic) bond motifs is 1. The molecule has 0 aliphatic rings. The Morgan fingerprint density at radius 3 is 2.62 bits per heavy atom. The number of benzene rings is 2. The molecule has 0 radical (unpaired) electrons. The highest BCUT2D eigenvalue weighted by molar-refractivity contribution is 6.04. The Hall–Kier alpha value is -2.84. The number of carbonyl (C=O) groups is 1. The van der Waals surface area contributed by atoms with Crippen molar-refractivity contribution in [1.82, 2.24) is 5.32 Å². The van der Waals surface area contributed by atoms with E-state index < -0.39 is 5.91 Å².